The summed E-state index contributed by atoms with van der Waals surface area (Å²) in [7, 11) is 0. The van der Waals surface area contributed by atoms with E-state index in [-0.39, 0.29) is 0 Å². The van der Waals surface area contributed by atoms with E-state index in [4.69, 9.17) is 14.4 Å². The molecule has 49 heavy (non-hydrogen) atoms. The molecule has 0 aliphatic heterocycles. The second kappa shape index (κ2) is 9.96. The first-order valence-corrected chi connectivity index (χ1v) is 16.7. The van der Waals surface area contributed by atoms with Crippen LogP contribution in [0.4, 0.5) is 0 Å². The zero-order valence-corrected chi connectivity index (χ0v) is 26.3. The highest BCUT2D eigenvalue weighted by molar-refractivity contribution is 6.26. The van der Waals surface area contributed by atoms with Crippen molar-refractivity contribution in [3.05, 3.63) is 158 Å². The highest BCUT2D eigenvalue weighted by Gasteiger charge is 2.25. The Hall–Kier alpha value is -6.58. The summed E-state index contributed by atoms with van der Waals surface area (Å²) in [5, 5.41) is 6.89. The Balaban J connectivity index is 1.02. The third-order valence-corrected chi connectivity index (χ3v) is 10.2. The lowest BCUT2D eigenvalue weighted by Crippen LogP contribution is -1.91. The first-order valence-electron chi connectivity index (χ1n) is 16.7. The van der Waals surface area contributed by atoms with Crippen LogP contribution in [0, 0.1) is 0 Å². The van der Waals surface area contributed by atoms with Crippen molar-refractivity contribution in [2.24, 2.45) is 0 Å². The quantitative estimate of drug-likeness (QED) is 0.184. The van der Waals surface area contributed by atoms with Crippen LogP contribution in [0.5, 0.6) is 0 Å². The zero-order valence-electron chi connectivity index (χ0n) is 26.3. The number of nitrogens with zero attached hydrogens (tertiary/aromatic N) is 2. The predicted molar refractivity (Wildman–Crippen MR) is 203 cm³/mol. The summed E-state index contributed by atoms with van der Waals surface area (Å²) in [4.78, 5) is 10.3. The van der Waals surface area contributed by atoms with E-state index in [0.717, 1.165) is 77.4 Å². The zero-order chi connectivity index (χ0) is 32.1. The normalized spacial score (nSPS) is 12.1. The number of hydrogen-bond acceptors (Lipinski definition) is 3. The monoisotopic (exact) mass is 622 g/mol. The highest BCUT2D eigenvalue weighted by Crippen LogP contribution is 2.51. The third kappa shape index (κ3) is 3.84. The van der Waals surface area contributed by atoms with Crippen LogP contribution in [0.25, 0.3) is 110 Å². The number of pyridine rings is 2. The largest absolute Gasteiger partial charge is 0.455 e. The van der Waals surface area contributed by atoms with Gasteiger partial charge in [-0.05, 0) is 46.0 Å². The van der Waals surface area contributed by atoms with Crippen LogP contribution in [-0.2, 0) is 0 Å². The molecule has 11 rings (SSSR count). The van der Waals surface area contributed by atoms with Gasteiger partial charge in [0.05, 0.1) is 22.4 Å². The Morgan fingerprint density at radius 3 is 1.61 bits per heavy atom. The topological polar surface area (TPSA) is 38.9 Å². The third-order valence-electron chi connectivity index (χ3n) is 10.2. The van der Waals surface area contributed by atoms with Gasteiger partial charge in [-0.3, -0.25) is 0 Å². The predicted octanol–water partition coefficient (Wildman–Crippen LogP) is 12.5. The van der Waals surface area contributed by atoms with Crippen molar-refractivity contribution >= 4 is 54.5 Å². The van der Waals surface area contributed by atoms with Crippen LogP contribution in [0.2, 0.25) is 0 Å². The minimum atomic E-state index is 0.912. The van der Waals surface area contributed by atoms with Gasteiger partial charge in [-0.1, -0.05) is 140 Å². The Kier molecular flexibility index (Phi) is 5.38. The summed E-state index contributed by atoms with van der Waals surface area (Å²) >= 11 is 0. The maximum atomic E-state index is 6.81. The second-order valence-corrected chi connectivity index (χ2v) is 12.9. The molecule has 7 aromatic carbocycles. The molecule has 0 N–H and O–H groups in total. The van der Waals surface area contributed by atoms with Gasteiger partial charge in [0, 0.05) is 49.0 Å². The van der Waals surface area contributed by atoms with E-state index >= 15 is 0 Å². The molecule has 0 radical (unpaired) electrons. The molecular weight excluding hydrogens is 597 g/mol. The van der Waals surface area contributed by atoms with E-state index < -0.39 is 0 Å². The summed E-state index contributed by atoms with van der Waals surface area (Å²) in [6.45, 7) is 0. The van der Waals surface area contributed by atoms with Gasteiger partial charge in [0.15, 0.2) is 0 Å². The summed E-state index contributed by atoms with van der Waals surface area (Å²) in [6.07, 6.45) is 0. The van der Waals surface area contributed by atoms with E-state index in [2.05, 4.69) is 140 Å². The Labute approximate surface area is 281 Å². The average Bonchev–Trinajstić information content (AvgIpc) is 3.72. The molecule has 0 saturated carbocycles. The summed E-state index contributed by atoms with van der Waals surface area (Å²) in [5.41, 5.74) is 15.1. The van der Waals surface area contributed by atoms with Crippen molar-refractivity contribution in [3.8, 4) is 55.9 Å². The van der Waals surface area contributed by atoms with Gasteiger partial charge in [-0.15, -0.1) is 0 Å². The van der Waals surface area contributed by atoms with Crippen molar-refractivity contribution in [2.75, 3.05) is 0 Å². The van der Waals surface area contributed by atoms with Gasteiger partial charge >= 0.3 is 0 Å². The number of para-hydroxylation sites is 1. The molecule has 3 nitrogen and oxygen atoms in total. The van der Waals surface area contributed by atoms with Gasteiger partial charge in [0.2, 0.25) is 0 Å². The van der Waals surface area contributed by atoms with Crippen molar-refractivity contribution in [2.45, 2.75) is 0 Å². The van der Waals surface area contributed by atoms with Gasteiger partial charge < -0.3 is 4.42 Å². The van der Waals surface area contributed by atoms with Crippen LogP contribution >= 0.6 is 0 Å². The Bertz CT molecular complexity index is 2970. The Morgan fingerprint density at radius 1 is 0.347 bits per heavy atom. The number of hydrogen-bond donors (Lipinski definition) is 0. The van der Waals surface area contributed by atoms with Crippen molar-refractivity contribution < 1.29 is 4.42 Å². The van der Waals surface area contributed by atoms with E-state index in [9.17, 15) is 0 Å². The molecule has 0 saturated heterocycles. The number of aromatic nitrogens is 2. The number of furan rings is 1. The molecule has 3 aromatic heterocycles. The van der Waals surface area contributed by atoms with Crippen molar-refractivity contribution in [1.29, 1.82) is 0 Å². The van der Waals surface area contributed by atoms with Crippen LogP contribution in [0.15, 0.2) is 162 Å². The molecule has 10 aromatic rings. The smallest absolute Gasteiger partial charge is 0.143 e. The highest BCUT2D eigenvalue weighted by atomic mass is 16.3. The van der Waals surface area contributed by atoms with Gasteiger partial charge in [-0.2, -0.15) is 0 Å². The van der Waals surface area contributed by atoms with Crippen LogP contribution in [0.3, 0.4) is 0 Å². The average molecular weight is 623 g/mol. The molecule has 0 bridgehead atoms. The van der Waals surface area contributed by atoms with E-state index in [1.165, 1.54) is 33.0 Å². The molecule has 0 spiro atoms. The minimum Gasteiger partial charge on any atom is -0.455 e. The van der Waals surface area contributed by atoms with Gasteiger partial charge in [0.25, 0.3) is 0 Å². The van der Waals surface area contributed by atoms with Crippen molar-refractivity contribution in [3.63, 3.8) is 0 Å². The summed E-state index contributed by atoms with van der Waals surface area (Å²) in [6, 6.07) is 55.8. The fourth-order valence-electron chi connectivity index (χ4n) is 7.87. The van der Waals surface area contributed by atoms with Crippen LogP contribution < -0.4 is 0 Å². The Morgan fingerprint density at radius 2 is 0.898 bits per heavy atom. The lowest BCUT2D eigenvalue weighted by atomic mass is 9.97. The lowest BCUT2D eigenvalue weighted by molar-refractivity contribution is 0.674. The number of rotatable bonds is 3. The summed E-state index contributed by atoms with van der Waals surface area (Å²) < 4.78 is 6.81. The van der Waals surface area contributed by atoms with Crippen LogP contribution in [-0.4, -0.2) is 9.97 Å². The minimum absolute atomic E-state index is 0.912. The molecule has 3 heteroatoms. The standard InChI is InChI=1S/C46H26N2O/c1-2-8-28(9-3-1)40-24-22-30-20-21-31-23-25-41(48-44(31)43(30)47-40)29-18-16-27(17-19-29)32-12-6-14-36-39-26-38-34-11-5-4-10-33(34)35-13-7-15-37(42(35)38)46(39)49-45(32)36/h1-26H. The molecule has 0 unspecified atom stereocenters. The molecule has 3 heterocycles. The fraction of sp³-hybridized carbons (Fsp3) is 0. The van der Waals surface area contributed by atoms with Crippen LogP contribution in [0.1, 0.15) is 0 Å². The lowest BCUT2D eigenvalue weighted by Gasteiger charge is -2.09. The first kappa shape index (κ1) is 26.5. The second-order valence-electron chi connectivity index (χ2n) is 12.9. The maximum Gasteiger partial charge on any atom is 0.143 e. The van der Waals surface area contributed by atoms with E-state index in [1.807, 2.05) is 18.2 Å². The molecular formula is C46H26N2O. The molecule has 0 amide bonds. The maximum absolute atomic E-state index is 6.81. The molecule has 1 aliphatic rings. The van der Waals surface area contributed by atoms with Gasteiger partial charge in [-0.25, -0.2) is 9.97 Å². The number of fused-ring (bicyclic) bond motifs is 10. The SMILES string of the molecule is c1ccc(-c2ccc3ccc4ccc(-c5ccc(-c6cccc7c6oc6c8cccc9c8c(cc76)-c6ccccc6-9)cc5)nc4c3n2)cc1. The fourth-order valence-corrected chi connectivity index (χ4v) is 7.87. The molecule has 0 fully saturated rings. The van der Waals surface area contributed by atoms with Gasteiger partial charge in [0.1, 0.15) is 11.2 Å². The molecule has 226 valence electrons. The number of benzene rings is 7. The summed E-state index contributed by atoms with van der Waals surface area (Å²) in [5.74, 6) is 0. The first-order chi connectivity index (χ1) is 24.3. The molecule has 0 atom stereocenters. The van der Waals surface area contributed by atoms with Crippen molar-refractivity contribution in [1.82, 2.24) is 9.97 Å². The van der Waals surface area contributed by atoms with E-state index in [1.54, 1.807) is 0 Å². The molecule has 1 aliphatic carbocycles. The van der Waals surface area contributed by atoms with E-state index in [0.29, 0.717) is 0 Å².